The van der Waals surface area contributed by atoms with Crippen molar-refractivity contribution in [1.82, 2.24) is 4.72 Å². The Kier molecular flexibility index (Phi) is 5.01. The normalized spacial score (nSPS) is 18.2. The van der Waals surface area contributed by atoms with Gasteiger partial charge in [0.25, 0.3) is 10.2 Å². The largest absolute Gasteiger partial charge is 0.371 e. The molecule has 1 aromatic carbocycles. The first-order chi connectivity index (χ1) is 10.9. The van der Waals surface area contributed by atoms with E-state index in [0.29, 0.717) is 5.56 Å². The molecule has 1 aliphatic heterocycles. The van der Waals surface area contributed by atoms with E-state index in [9.17, 15) is 26.0 Å². The minimum absolute atomic E-state index is 0.211. The number of anilines is 2. The molecule has 1 atom stereocenters. The van der Waals surface area contributed by atoms with Crippen molar-refractivity contribution in [3.05, 3.63) is 23.3 Å². The molecule has 0 saturated carbocycles. The van der Waals surface area contributed by atoms with Crippen LogP contribution in [0, 0.1) is 6.92 Å². The molecule has 0 fully saturated rings. The van der Waals surface area contributed by atoms with Gasteiger partial charge in [0.1, 0.15) is 0 Å². The zero-order valence-corrected chi connectivity index (χ0v) is 14.2. The first-order valence-corrected chi connectivity index (χ1v) is 8.71. The molecule has 0 bridgehead atoms. The van der Waals surface area contributed by atoms with Gasteiger partial charge in [0.05, 0.1) is 12.2 Å². The van der Waals surface area contributed by atoms with Crippen LogP contribution in [0.15, 0.2) is 12.1 Å². The lowest BCUT2D eigenvalue weighted by Crippen LogP contribution is -2.43. The smallest absolute Gasteiger partial charge is 0.320 e. The van der Waals surface area contributed by atoms with Crippen molar-refractivity contribution in [2.75, 3.05) is 23.2 Å². The van der Waals surface area contributed by atoms with E-state index in [1.165, 1.54) is 4.72 Å². The van der Waals surface area contributed by atoms with E-state index in [0.717, 1.165) is 17.7 Å². The fourth-order valence-electron chi connectivity index (χ4n) is 2.50. The summed E-state index contributed by atoms with van der Waals surface area (Å²) in [5, 5.41) is 0. The Balaban J connectivity index is 2.16. The van der Waals surface area contributed by atoms with Gasteiger partial charge in [-0.25, -0.2) is 8.78 Å². The Morgan fingerprint density at radius 1 is 1.38 bits per heavy atom. The Morgan fingerprint density at radius 3 is 2.58 bits per heavy atom. The molecule has 0 radical (unpaired) electrons. The third-order valence-corrected chi connectivity index (χ3v) is 5.06. The average Bonchev–Trinajstić information content (AvgIpc) is 2.72. The van der Waals surface area contributed by atoms with Crippen molar-refractivity contribution in [1.29, 1.82) is 0 Å². The molecule has 2 N–H and O–H groups in total. The van der Waals surface area contributed by atoms with E-state index < -0.39 is 29.1 Å². The quantitative estimate of drug-likeness (QED) is 0.758. The van der Waals surface area contributed by atoms with Crippen molar-refractivity contribution in [2.24, 2.45) is 0 Å². The molecule has 0 aromatic heterocycles. The fraction of sp³-hybridized carbons (Fsp3) is 0.571. The second-order valence-corrected chi connectivity index (χ2v) is 7.45. The summed E-state index contributed by atoms with van der Waals surface area (Å²) in [5.74, 6) is -4.43. The van der Waals surface area contributed by atoms with Gasteiger partial charge in [-0.05, 0) is 37.5 Å². The molecule has 1 aromatic rings. The molecular weight excluding hydrogens is 350 g/mol. The highest BCUT2D eigenvalue weighted by molar-refractivity contribution is 7.90. The number of nitrogens with zero attached hydrogens (tertiary/aromatic N) is 1. The van der Waals surface area contributed by atoms with Crippen LogP contribution in [0.2, 0.25) is 0 Å². The van der Waals surface area contributed by atoms with Crippen molar-refractivity contribution < 1.29 is 26.0 Å². The molecule has 0 aliphatic carbocycles. The summed E-state index contributed by atoms with van der Waals surface area (Å²) in [6.07, 6.45) is -3.13. The molecule has 0 amide bonds. The SMILES string of the molecule is Cc1cc2c(cc1NS(=O)(=O)NCC(F)(F)C(F)F)N(C)C(C)C2. The number of nitrogens with one attached hydrogen (secondary N) is 2. The van der Waals surface area contributed by atoms with Crippen LogP contribution in [-0.4, -0.2) is 40.4 Å². The van der Waals surface area contributed by atoms with Crippen LogP contribution in [-0.2, 0) is 16.6 Å². The molecule has 2 rings (SSSR count). The van der Waals surface area contributed by atoms with Gasteiger partial charge in [-0.3, -0.25) is 4.72 Å². The molecule has 136 valence electrons. The number of halogens is 4. The number of aryl methyl sites for hydroxylation is 1. The summed E-state index contributed by atoms with van der Waals surface area (Å²) in [7, 11) is -2.54. The number of hydrogen-bond acceptors (Lipinski definition) is 3. The molecule has 0 spiro atoms. The van der Waals surface area contributed by atoms with E-state index in [2.05, 4.69) is 4.72 Å². The molecule has 1 aliphatic rings. The third kappa shape index (κ3) is 3.92. The van der Waals surface area contributed by atoms with Gasteiger partial charge in [0.15, 0.2) is 0 Å². The lowest BCUT2D eigenvalue weighted by atomic mass is 10.1. The third-order valence-electron chi connectivity index (χ3n) is 4.04. The maximum absolute atomic E-state index is 12.9. The maximum Gasteiger partial charge on any atom is 0.320 e. The molecule has 5 nitrogen and oxygen atoms in total. The van der Waals surface area contributed by atoms with E-state index in [-0.39, 0.29) is 11.7 Å². The lowest BCUT2D eigenvalue weighted by Gasteiger charge is -2.20. The van der Waals surface area contributed by atoms with Gasteiger partial charge >= 0.3 is 12.3 Å². The first kappa shape index (κ1) is 18.8. The number of alkyl halides is 4. The summed E-state index contributed by atoms with van der Waals surface area (Å²) in [6.45, 7) is 2.02. The van der Waals surface area contributed by atoms with Crippen LogP contribution in [0.1, 0.15) is 18.1 Å². The van der Waals surface area contributed by atoms with Gasteiger partial charge in [-0.2, -0.15) is 21.9 Å². The Bertz CT molecular complexity index is 725. The summed E-state index contributed by atoms with van der Waals surface area (Å²) >= 11 is 0. The van der Waals surface area contributed by atoms with E-state index in [1.54, 1.807) is 13.0 Å². The molecule has 10 heteroatoms. The van der Waals surface area contributed by atoms with Gasteiger partial charge in [0, 0.05) is 18.8 Å². The summed E-state index contributed by atoms with van der Waals surface area (Å²) in [4.78, 5) is 1.98. The fourth-order valence-corrected chi connectivity index (χ4v) is 3.46. The highest BCUT2D eigenvalue weighted by atomic mass is 32.2. The monoisotopic (exact) mass is 369 g/mol. The zero-order valence-electron chi connectivity index (χ0n) is 13.4. The number of benzene rings is 1. The lowest BCUT2D eigenvalue weighted by molar-refractivity contribution is -0.122. The Morgan fingerprint density at radius 2 is 2.00 bits per heavy atom. The summed E-state index contributed by atoms with van der Waals surface area (Å²) in [6, 6.07) is 3.69. The van der Waals surface area contributed by atoms with Crippen LogP contribution in [0.5, 0.6) is 0 Å². The second kappa shape index (κ2) is 6.40. The molecule has 24 heavy (non-hydrogen) atoms. The van der Waals surface area contributed by atoms with Crippen molar-refractivity contribution >= 4 is 21.6 Å². The van der Waals surface area contributed by atoms with Crippen LogP contribution in [0.4, 0.5) is 28.9 Å². The topological polar surface area (TPSA) is 61.4 Å². The average molecular weight is 369 g/mol. The van der Waals surface area contributed by atoms with Crippen molar-refractivity contribution in [3.63, 3.8) is 0 Å². The van der Waals surface area contributed by atoms with Crippen LogP contribution >= 0.6 is 0 Å². The molecule has 1 unspecified atom stereocenters. The van der Waals surface area contributed by atoms with E-state index in [4.69, 9.17) is 0 Å². The standard InChI is InChI=1S/C14H19F4N3O2S/c1-8-4-10-5-9(2)21(3)12(10)6-11(8)20-24(22,23)19-7-14(17,18)13(15)16/h4,6,9,13,19-20H,5,7H2,1-3H3. The van der Waals surface area contributed by atoms with Gasteiger partial charge in [-0.15, -0.1) is 0 Å². The number of likely N-dealkylation sites (N-methyl/N-ethyl adjacent to an activating group) is 1. The van der Waals surface area contributed by atoms with Crippen molar-refractivity contribution in [2.45, 2.75) is 38.7 Å². The van der Waals surface area contributed by atoms with Gasteiger partial charge < -0.3 is 4.90 Å². The molecular formula is C14H19F4N3O2S. The van der Waals surface area contributed by atoms with Crippen LogP contribution in [0.25, 0.3) is 0 Å². The highest BCUT2D eigenvalue weighted by Gasteiger charge is 2.41. The van der Waals surface area contributed by atoms with Crippen LogP contribution in [0.3, 0.4) is 0 Å². The summed E-state index contributed by atoms with van der Waals surface area (Å²) < 4.78 is 77.2. The van der Waals surface area contributed by atoms with Crippen molar-refractivity contribution in [3.8, 4) is 0 Å². The highest BCUT2D eigenvalue weighted by Crippen LogP contribution is 2.35. The predicted molar refractivity (Wildman–Crippen MR) is 84.2 cm³/mol. The number of rotatable bonds is 6. The minimum atomic E-state index is -4.43. The van der Waals surface area contributed by atoms with E-state index >= 15 is 0 Å². The number of hydrogen-bond donors (Lipinski definition) is 2. The van der Waals surface area contributed by atoms with Gasteiger partial charge in [0.2, 0.25) is 0 Å². The Labute approximate surface area is 138 Å². The predicted octanol–water partition coefficient (Wildman–Crippen LogP) is 2.52. The Hall–Kier alpha value is -1.55. The van der Waals surface area contributed by atoms with Crippen LogP contribution < -0.4 is 14.3 Å². The maximum atomic E-state index is 12.9. The second-order valence-electron chi connectivity index (χ2n) is 5.95. The minimum Gasteiger partial charge on any atom is -0.371 e. The molecule has 1 heterocycles. The van der Waals surface area contributed by atoms with Gasteiger partial charge in [-0.1, -0.05) is 6.07 Å². The van der Waals surface area contributed by atoms with E-state index in [1.807, 2.05) is 24.9 Å². The summed E-state index contributed by atoms with van der Waals surface area (Å²) in [5.41, 5.74) is 2.72. The zero-order chi connectivity index (χ0) is 18.3. The number of fused-ring (bicyclic) bond motifs is 1. The first-order valence-electron chi connectivity index (χ1n) is 7.22. The molecule has 0 saturated heterocycles.